The second kappa shape index (κ2) is 12.7. The molecule has 1 unspecified atom stereocenters. The lowest BCUT2D eigenvalue weighted by molar-refractivity contribution is 0.0376. The third-order valence-electron chi connectivity index (χ3n) is 7.55. The summed E-state index contributed by atoms with van der Waals surface area (Å²) in [6.45, 7) is 5.89. The summed E-state index contributed by atoms with van der Waals surface area (Å²) < 4.78 is 46.2. The maximum absolute atomic E-state index is 13.0. The van der Waals surface area contributed by atoms with Crippen molar-refractivity contribution in [2.75, 3.05) is 57.9 Å². The Hall–Kier alpha value is -3.35. The van der Waals surface area contributed by atoms with Crippen molar-refractivity contribution in [3.63, 3.8) is 0 Å². The number of hydrogen-bond donors (Lipinski definition) is 2. The number of morpholine rings is 1. The van der Waals surface area contributed by atoms with Crippen LogP contribution in [0.15, 0.2) is 70.2 Å². The molecule has 4 aromatic rings. The zero-order valence-electron chi connectivity index (χ0n) is 22.9. The minimum atomic E-state index is -3.64. The fourth-order valence-corrected chi connectivity index (χ4v) is 6.44. The van der Waals surface area contributed by atoms with Crippen LogP contribution in [-0.4, -0.2) is 81.9 Å². The smallest absolute Gasteiger partial charge is 0.240 e. The topological polar surface area (TPSA) is 119 Å². The fourth-order valence-electron chi connectivity index (χ4n) is 5.37. The van der Waals surface area contributed by atoms with Gasteiger partial charge in [0.15, 0.2) is 0 Å². The third-order valence-corrected chi connectivity index (χ3v) is 9.02. The summed E-state index contributed by atoms with van der Waals surface area (Å²) >= 11 is 0. The SMILES string of the molecule is O=S(=O)(NCCCN1CCOCC1)c1ccc(-c2oc3ncnc(NCC4CCCO4)c3c2-c2ccccc2)cc1. The largest absolute Gasteiger partial charge is 0.437 e. The molecular weight excluding hydrogens is 542 g/mol. The zero-order chi connectivity index (χ0) is 28.1. The molecule has 6 rings (SSSR count). The normalized spacial score (nSPS) is 18.2. The second-order valence-electron chi connectivity index (χ2n) is 10.3. The predicted octanol–water partition coefficient (Wildman–Crippen LogP) is 4.15. The van der Waals surface area contributed by atoms with Crippen LogP contribution in [0.4, 0.5) is 5.82 Å². The number of nitrogens with zero attached hydrogens (tertiary/aromatic N) is 3. The summed E-state index contributed by atoms with van der Waals surface area (Å²) in [4.78, 5) is 11.5. The maximum Gasteiger partial charge on any atom is 0.240 e. The summed E-state index contributed by atoms with van der Waals surface area (Å²) in [7, 11) is -3.64. The highest BCUT2D eigenvalue weighted by Gasteiger charge is 2.24. The van der Waals surface area contributed by atoms with Gasteiger partial charge in [0.2, 0.25) is 15.7 Å². The Morgan fingerprint density at radius 2 is 1.76 bits per heavy atom. The van der Waals surface area contributed by atoms with Crippen LogP contribution in [0.3, 0.4) is 0 Å². The summed E-state index contributed by atoms with van der Waals surface area (Å²) in [5.74, 6) is 1.29. The van der Waals surface area contributed by atoms with E-state index in [1.54, 1.807) is 24.3 Å². The van der Waals surface area contributed by atoms with E-state index >= 15 is 0 Å². The fraction of sp³-hybridized carbons (Fsp3) is 0.400. The van der Waals surface area contributed by atoms with Crippen molar-refractivity contribution >= 4 is 26.9 Å². The van der Waals surface area contributed by atoms with Crippen LogP contribution in [-0.2, 0) is 19.5 Å². The van der Waals surface area contributed by atoms with Crippen LogP contribution < -0.4 is 10.0 Å². The first-order valence-corrected chi connectivity index (χ1v) is 15.7. The standard InChI is InChI=1S/C30H35N5O5S/c36-41(37,34-13-5-14-35-15-18-38-19-16-35)25-11-9-23(10-12-25)28-26(22-6-2-1-3-7-22)27-29(32-21-33-30(27)40-28)31-20-24-8-4-17-39-24/h1-3,6-7,9-12,21,24,34H,4-5,8,13-20H2,(H,31,32,33). The lowest BCUT2D eigenvalue weighted by Gasteiger charge is -2.26. The summed E-state index contributed by atoms with van der Waals surface area (Å²) in [5.41, 5.74) is 3.02. The van der Waals surface area contributed by atoms with E-state index in [9.17, 15) is 8.42 Å². The van der Waals surface area contributed by atoms with Gasteiger partial charge < -0.3 is 19.2 Å². The third kappa shape index (κ3) is 6.44. The molecule has 0 aliphatic carbocycles. The quantitative estimate of drug-likeness (QED) is 0.254. The van der Waals surface area contributed by atoms with Gasteiger partial charge in [0.1, 0.15) is 17.9 Å². The van der Waals surface area contributed by atoms with Gasteiger partial charge in [0, 0.05) is 43.9 Å². The average Bonchev–Trinajstić information content (AvgIpc) is 3.68. The van der Waals surface area contributed by atoms with Gasteiger partial charge in [-0.3, -0.25) is 4.90 Å². The van der Waals surface area contributed by atoms with Crippen molar-refractivity contribution in [1.29, 1.82) is 0 Å². The van der Waals surface area contributed by atoms with Crippen molar-refractivity contribution in [2.24, 2.45) is 0 Å². The molecule has 0 amide bonds. The highest BCUT2D eigenvalue weighted by molar-refractivity contribution is 7.89. The molecule has 2 aliphatic rings. The molecular formula is C30H35N5O5S. The van der Waals surface area contributed by atoms with Gasteiger partial charge in [-0.2, -0.15) is 0 Å². The molecule has 10 nitrogen and oxygen atoms in total. The first-order chi connectivity index (χ1) is 20.1. The minimum Gasteiger partial charge on any atom is -0.437 e. The van der Waals surface area contributed by atoms with E-state index in [1.807, 2.05) is 30.3 Å². The molecule has 2 saturated heterocycles. The number of anilines is 1. The van der Waals surface area contributed by atoms with Crippen molar-refractivity contribution in [3.05, 3.63) is 60.9 Å². The Morgan fingerprint density at radius 3 is 2.51 bits per heavy atom. The second-order valence-corrected chi connectivity index (χ2v) is 12.1. The number of ether oxygens (including phenoxy) is 2. The van der Waals surface area contributed by atoms with E-state index in [2.05, 4.69) is 24.9 Å². The van der Waals surface area contributed by atoms with E-state index in [1.165, 1.54) is 6.33 Å². The van der Waals surface area contributed by atoms with E-state index < -0.39 is 10.0 Å². The summed E-state index contributed by atoms with van der Waals surface area (Å²) in [5, 5.41) is 4.23. The van der Waals surface area contributed by atoms with Crippen LogP contribution in [0, 0.1) is 0 Å². The predicted molar refractivity (Wildman–Crippen MR) is 157 cm³/mol. The molecule has 0 spiro atoms. The Morgan fingerprint density at radius 1 is 0.951 bits per heavy atom. The molecule has 2 aromatic carbocycles. The van der Waals surface area contributed by atoms with Crippen molar-refractivity contribution in [2.45, 2.75) is 30.3 Å². The minimum absolute atomic E-state index is 0.147. The van der Waals surface area contributed by atoms with Gasteiger partial charge in [-0.05, 0) is 55.6 Å². The number of rotatable bonds is 11. The zero-order valence-corrected chi connectivity index (χ0v) is 23.7. The molecule has 2 N–H and O–H groups in total. The Kier molecular flexibility index (Phi) is 8.59. The van der Waals surface area contributed by atoms with Crippen LogP contribution >= 0.6 is 0 Å². The van der Waals surface area contributed by atoms with Crippen molar-refractivity contribution in [1.82, 2.24) is 19.6 Å². The van der Waals surface area contributed by atoms with Gasteiger partial charge >= 0.3 is 0 Å². The van der Waals surface area contributed by atoms with Crippen LogP contribution in [0.25, 0.3) is 33.6 Å². The number of furan rings is 1. The molecule has 1 atom stereocenters. The van der Waals surface area contributed by atoms with Crippen molar-refractivity contribution < 1.29 is 22.3 Å². The number of aromatic nitrogens is 2. The molecule has 2 aliphatic heterocycles. The van der Waals surface area contributed by atoms with Crippen LogP contribution in [0.1, 0.15) is 19.3 Å². The Balaban J connectivity index is 1.24. The number of sulfonamides is 1. The molecule has 4 heterocycles. The van der Waals surface area contributed by atoms with Crippen LogP contribution in [0.2, 0.25) is 0 Å². The maximum atomic E-state index is 13.0. The number of fused-ring (bicyclic) bond motifs is 1. The van der Waals surface area contributed by atoms with Gasteiger partial charge in [-0.15, -0.1) is 0 Å². The first-order valence-electron chi connectivity index (χ1n) is 14.2. The van der Waals surface area contributed by atoms with E-state index in [0.717, 1.165) is 80.8 Å². The Labute approximate surface area is 240 Å². The van der Waals surface area contributed by atoms with Gasteiger partial charge in [-0.1, -0.05) is 30.3 Å². The molecule has 11 heteroatoms. The number of nitrogens with one attached hydrogen (secondary N) is 2. The molecule has 0 saturated carbocycles. The highest BCUT2D eigenvalue weighted by atomic mass is 32.2. The number of benzene rings is 2. The average molecular weight is 578 g/mol. The molecule has 0 radical (unpaired) electrons. The molecule has 2 aromatic heterocycles. The summed E-state index contributed by atoms with van der Waals surface area (Å²) in [6, 6.07) is 16.7. The van der Waals surface area contributed by atoms with Gasteiger partial charge in [-0.25, -0.2) is 23.1 Å². The van der Waals surface area contributed by atoms with E-state index in [4.69, 9.17) is 13.9 Å². The first kappa shape index (κ1) is 27.8. The van der Waals surface area contributed by atoms with Crippen molar-refractivity contribution in [3.8, 4) is 22.5 Å². The summed E-state index contributed by atoms with van der Waals surface area (Å²) in [6.07, 6.45) is 4.45. The van der Waals surface area contributed by atoms with E-state index in [-0.39, 0.29) is 11.0 Å². The van der Waals surface area contributed by atoms with Crippen LogP contribution in [0.5, 0.6) is 0 Å². The lowest BCUT2D eigenvalue weighted by Crippen LogP contribution is -2.38. The molecule has 41 heavy (non-hydrogen) atoms. The number of hydrogen-bond acceptors (Lipinski definition) is 9. The van der Waals surface area contributed by atoms with E-state index in [0.29, 0.717) is 30.4 Å². The van der Waals surface area contributed by atoms with Gasteiger partial charge in [0.25, 0.3) is 0 Å². The molecule has 0 bridgehead atoms. The molecule has 2 fully saturated rings. The highest BCUT2D eigenvalue weighted by Crippen LogP contribution is 2.42. The van der Waals surface area contributed by atoms with Gasteiger partial charge in [0.05, 0.1) is 29.6 Å². The lowest BCUT2D eigenvalue weighted by atomic mass is 9.99. The monoisotopic (exact) mass is 577 g/mol. The molecule has 216 valence electrons. The Bertz CT molecular complexity index is 1550.